The minimum absolute atomic E-state index is 0.0995. The number of phenolic OH excluding ortho intramolecular Hbond substituents is 1. The molecule has 26 heavy (non-hydrogen) atoms. The number of nitrogens with zero attached hydrogens (tertiary/aromatic N) is 1. The van der Waals surface area contributed by atoms with Gasteiger partial charge in [-0.2, -0.15) is 18.3 Å². The summed E-state index contributed by atoms with van der Waals surface area (Å²) in [6.45, 7) is 0. The van der Waals surface area contributed by atoms with Gasteiger partial charge in [0.05, 0.1) is 9.78 Å². The van der Waals surface area contributed by atoms with Gasteiger partial charge < -0.3 is 5.11 Å². The molecule has 0 amide bonds. The molecule has 0 unspecified atom stereocenters. The van der Waals surface area contributed by atoms with E-state index in [0.29, 0.717) is 7.14 Å². The highest BCUT2D eigenvalue weighted by Crippen LogP contribution is 2.38. The first-order valence-electron chi connectivity index (χ1n) is 6.35. The van der Waals surface area contributed by atoms with Crippen LogP contribution in [0.4, 0.5) is 36.4 Å². The van der Waals surface area contributed by atoms with E-state index >= 15 is 0 Å². The van der Waals surface area contributed by atoms with E-state index < -0.39 is 40.7 Å². The fraction of sp³-hybridized carbons (Fsp3) is 0.0714. The van der Waals surface area contributed by atoms with Gasteiger partial charge in [0.15, 0.2) is 23.3 Å². The van der Waals surface area contributed by atoms with Gasteiger partial charge in [-0.3, -0.25) is 5.43 Å². The first-order chi connectivity index (χ1) is 11.9. The van der Waals surface area contributed by atoms with Gasteiger partial charge in [0, 0.05) is 9.13 Å². The molecule has 2 aromatic carbocycles. The van der Waals surface area contributed by atoms with Crippen molar-refractivity contribution in [3.8, 4) is 5.75 Å². The van der Waals surface area contributed by atoms with Crippen LogP contribution in [0.1, 0.15) is 11.1 Å². The van der Waals surface area contributed by atoms with E-state index in [4.69, 9.17) is 0 Å². The van der Waals surface area contributed by atoms with Gasteiger partial charge in [-0.15, -0.1) is 0 Å². The number of benzene rings is 2. The molecule has 0 aliphatic heterocycles. The third kappa shape index (κ3) is 4.15. The first-order valence-corrected chi connectivity index (χ1v) is 8.51. The van der Waals surface area contributed by atoms with Gasteiger partial charge in [-0.05, 0) is 57.3 Å². The second-order valence-electron chi connectivity index (χ2n) is 4.70. The van der Waals surface area contributed by atoms with Crippen molar-refractivity contribution in [2.45, 2.75) is 6.18 Å². The van der Waals surface area contributed by atoms with Crippen molar-refractivity contribution < 1.29 is 35.8 Å². The summed E-state index contributed by atoms with van der Waals surface area (Å²) >= 11 is 3.72. The maximum atomic E-state index is 13.7. The summed E-state index contributed by atoms with van der Waals surface area (Å²) in [5, 5.41) is 13.1. The third-order valence-electron chi connectivity index (χ3n) is 2.98. The predicted octanol–water partition coefficient (Wildman–Crippen LogP) is 5.62. The van der Waals surface area contributed by atoms with E-state index in [1.54, 1.807) is 34.1 Å². The normalized spacial score (nSPS) is 12.0. The van der Waals surface area contributed by atoms with E-state index in [1.165, 1.54) is 6.07 Å². The number of phenols is 1. The fourth-order valence-electron chi connectivity index (χ4n) is 1.83. The molecule has 0 heterocycles. The summed E-state index contributed by atoms with van der Waals surface area (Å²) in [5.41, 5.74) is -2.50. The van der Waals surface area contributed by atoms with Crippen LogP contribution < -0.4 is 5.43 Å². The quantitative estimate of drug-likeness (QED) is 0.157. The standard InChI is InChI=1S/C14H5F7I2N2O/c15-8-7(14(19,20)21)9(16)11(18)12(10(8)17)25-24-3-4-1-5(22)2-6(23)13(4)26/h1-3,25-26H/b24-3-. The van der Waals surface area contributed by atoms with Crippen molar-refractivity contribution in [1.82, 2.24) is 0 Å². The van der Waals surface area contributed by atoms with Crippen LogP contribution in [0.2, 0.25) is 0 Å². The van der Waals surface area contributed by atoms with Crippen molar-refractivity contribution >= 4 is 57.1 Å². The summed E-state index contributed by atoms with van der Waals surface area (Å²) in [5.74, 6) is -9.98. The number of nitrogens with one attached hydrogen (secondary N) is 1. The lowest BCUT2D eigenvalue weighted by molar-refractivity contribution is -0.143. The van der Waals surface area contributed by atoms with Crippen LogP contribution in [0.5, 0.6) is 5.75 Å². The number of alkyl halides is 3. The SMILES string of the molecule is Oc1c(I)cc(I)cc1/C=N\Nc1c(F)c(F)c(C(F)(F)F)c(F)c1F. The first kappa shape index (κ1) is 21.0. The second kappa shape index (κ2) is 7.74. The highest BCUT2D eigenvalue weighted by molar-refractivity contribution is 14.1. The molecule has 140 valence electrons. The Morgan fingerprint density at radius 3 is 2.00 bits per heavy atom. The van der Waals surface area contributed by atoms with Crippen LogP contribution in [0.15, 0.2) is 17.2 Å². The molecule has 0 radical (unpaired) electrons. The van der Waals surface area contributed by atoms with Crippen molar-refractivity contribution in [1.29, 1.82) is 0 Å². The summed E-state index contributed by atoms with van der Waals surface area (Å²) in [4.78, 5) is 0. The summed E-state index contributed by atoms with van der Waals surface area (Å²) < 4.78 is 93.0. The minimum atomic E-state index is -5.62. The van der Waals surface area contributed by atoms with E-state index in [1.807, 2.05) is 22.6 Å². The van der Waals surface area contributed by atoms with Gasteiger partial charge in [-0.1, -0.05) is 0 Å². The smallest absolute Gasteiger partial charge is 0.422 e. The molecule has 2 rings (SSSR count). The highest BCUT2D eigenvalue weighted by atomic mass is 127. The largest absolute Gasteiger partial charge is 0.506 e. The Bertz CT molecular complexity index is 871. The van der Waals surface area contributed by atoms with E-state index in [9.17, 15) is 35.8 Å². The summed E-state index contributed by atoms with van der Waals surface area (Å²) in [6, 6.07) is 3.05. The molecular formula is C14H5F7I2N2O. The molecular weight excluding hydrogens is 599 g/mol. The lowest BCUT2D eigenvalue weighted by atomic mass is 10.1. The molecule has 2 N–H and O–H groups in total. The number of aromatic hydroxyl groups is 1. The maximum Gasteiger partial charge on any atom is 0.422 e. The van der Waals surface area contributed by atoms with Crippen LogP contribution >= 0.6 is 45.2 Å². The molecule has 0 aliphatic rings. The maximum absolute atomic E-state index is 13.7. The molecule has 0 fully saturated rings. The highest BCUT2D eigenvalue weighted by Gasteiger charge is 2.42. The molecule has 0 aromatic heterocycles. The van der Waals surface area contributed by atoms with Crippen molar-refractivity contribution in [3.05, 3.63) is 53.7 Å². The molecule has 0 aliphatic carbocycles. The van der Waals surface area contributed by atoms with E-state index in [2.05, 4.69) is 5.10 Å². The van der Waals surface area contributed by atoms with Gasteiger partial charge in [-0.25, -0.2) is 17.6 Å². The molecule has 0 saturated carbocycles. The Kier molecular flexibility index (Phi) is 6.24. The Morgan fingerprint density at radius 2 is 1.50 bits per heavy atom. The topological polar surface area (TPSA) is 44.6 Å². The number of hydrazone groups is 1. The molecule has 0 spiro atoms. The number of rotatable bonds is 3. The zero-order valence-electron chi connectivity index (χ0n) is 12.0. The molecule has 0 saturated heterocycles. The fourth-order valence-corrected chi connectivity index (χ4v) is 3.72. The number of hydrogen-bond acceptors (Lipinski definition) is 3. The Morgan fingerprint density at radius 1 is 0.962 bits per heavy atom. The van der Waals surface area contributed by atoms with E-state index in [0.717, 1.165) is 6.21 Å². The van der Waals surface area contributed by atoms with Crippen molar-refractivity contribution in [2.24, 2.45) is 5.10 Å². The van der Waals surface area contributed by atoms with Gasteiger partial charge in [0.2, 0.25) is 0 Å². The Labute approximate surface area is 168 Å². The molecule has 12 heteroatoms. The zero-order valence-corrected chi connectivity index (χ0v) is 16.3. The molecule has 3 nitrogen and oxygen atoms in total. The summed E-state index contributed by atoms with van der Waals surface area (Å²) in [6.07, 6.45) is -4.74. The van der Waals surface area contributed by atoms with Crippen LogP contribution in [-0.2, 0) is 6.18 Å². The lowest BCUT2D eigenvalue weighted by Gasteiger charge is -2.13. The molecule has 0 bridgehead atoms. The molecule has 2 aromatic rings. The number of halogens is 9. The zero-order chi connectivity index (χ0) is 19.8. The second-order valence-corrected chi connectivity index (χ2v) is 7.11. The van der Waals surface area contributed by atoms with E-state index in [-0.39, 0.29) is 11.3 Å². The van der Waals surface area contributed by atoms with Crippen LogP contribution in [-0.4, -0.2) is 11.3 Å². The van der Waals surface area contributed by atoms with Crippen LogP contribution in [0.3, 0.4) is 0 Å². The van der Waals surface area contributed by atoms with Gasteiger partial charge >= 0.3 is 6.18 Å². The monoisotopic (exact) mass is 604 g/mol. The Balaban J connectivity index is 2.43. The average Bonchev–Trinajstić information content (AvgIpc) is 2.52. The third-order valence-corrected chi connectivity index (χ3v) is 4.43. The van der Waals surface area contributed by atoms with Crippen molar-refractivity contribution in [3.63, 3.8) is 0 Å². The number of hydrogen-bond donors (Lipinski definition) is 2. The van der Waals surface area contributed by atoms with Crippen LogP contribution in [0.25, 0.3) is 0 Å². The molecule has 0 atom stereocenters. The number of anilines is 1. The Hall–Kier alpha value is -1.32. The average molecular weight is 604 g/mol. The van der Waals surface area contributed by atoms with Crippen molar-refractivity contribution in [2.75, 3.05) is 5.43 Å². The van der Waals surface area contributed by atoms with Gasteiger partial charge in [0.1, 0.15) is 17.0 Å². The minimum Gasteiger partial charge on any atom is -0.506 e. The predicted molar refractivity (Wildman–Crippen MR) is 96.0 cm³/mol. The lowest BCUT2D eigenvalue weighted by Crippen LogP contribution is -2.16. The van der Waals surface area contributed by atoms with Crippen LogP contribution in [0, 0.1) is 30.4 Å². The summed E-state index contributed by atoms with van der Waals surface area (Å²) in [7, 11) is 0. The van der Waals surface area contributed by atoms with Gasteiger partial charge in [0.25, 0.3) is 0 Å².